The lowest BCUT2D eigenvalue weighted by Crippen LogP contribution is -2.04. The Bertz CT molecular complexity index is 637. The summed E-state index contributed by atoms with van der Waals surface area (Å²) in [5.74, 6) is 1.91. The number of carbonyl (C=O) groups is 1. The molecule has 1 aliphatic rings. The summed E-state index contributed by atoms with van der Waals surface area (Å²) in [6.45, 7) is 0. The van der Waals surface area contributed by atoms with Crippen molar-refractivity contribution in [2.75, 3.05) is 12.4 Å². The summed E-state index contributed by atoms with van der Waals surface area (Å²) in [4.78, 5) is 11.4. The van der Waals surface area contributed by atoms with Crippen molar-refractivity contribution in [3.8, 4) is 17.2 Å². The highest BCUT2D eigenvalue weighted by Gasteiger charge is 2.21. The Balaban J connectivity index is 1.97. The summed E-state index contributed by atoms with van der Waals surface area (Å²) in [6, 6.07) is 13.0. The number of fused-ring (bicyclic) bond motifs is 1. The molecule has 19 heavy (non-hydrogen) atoms. The van der Waals surface area contributed by atoms with E-state index in [9.17, 15) is 4.79 Å². The fraction of sp³-hybridized carbons (Fsp3) is 0.133. The maximum absolute atomic E-state index is 11.4. The predicted octanol–water partition coefficient (Wildman–Crippen LogP) is 2.98. The van der Waals surface area contributed by atoms with E-state index in [1.54, 1.807) is 7.11 Å². The minimum atomic E-state index is -0.00826. The fourth-order valence-electron chi connectivity index (χ4n) is 2.13. The van der Waals surface area contributed by atoms with Gasteiger partial charge in [0.2, 0.25) is 5.91 Å². The second kappa shape index (κ2) is 4.65. The van der Waals surface area contributed by atoms with Crippen LogP contribution in [-0.4, -0.2) is 13.0 Å². The van der Waals surface area contributed by atoms with Crippen molar-refractivity contribution in [3.63, 3.8) is 0 Å². The van der Waals surface area contributed by atoms with Crippen LogP contribution in [0.2, 0.25) is 0 Å². The molecule has 0 saturated heterocycles. The van der Waals surface area contributed by atoms with Crippen molar-refractivity contribution in [1.82, 2.24) is 0 Å². The number of carbonyl (C=O) groups excluding carboxylic acids is 1. The zero-order valence-electron chi connectivity index (χ0n) is 10.5. The van der Waals surface area contributed by atoms with Crippen molar-refractivity contribution in [2.24, 2.45) is 0 Å². The first-order valence-corrected chi connectivity index (χ1v) is 6.00. The van der Waals surface area contributed by atoms with E-state index in [0.29, 0.717) is 23.7 Å². The number of benzene rings is 2. The average molecular weight is 255 g/mol. The number of rotatable bonds is 3. The van der Waals surface area contributed by atoms with E-state index in [4.69, 9.17) is 9.47 Å². The highest BCUT2D eigenvalue weighted by molar-refractivity contribution is 6.00. The molecule has 3 rings (SSSR count). The third kappa shape index (κ3) is 2.12. The molecule has 0 saturated carbocycles. The summed E-state index contributed by atoms with van der Waals surface area (Å²) in [6.07, 6.45) is 0.401. The van der Waals surface area contributed by atoms with E-state index in [0.717, 1.165) is 11.3 Å². The lowest BCUT2D eigenvalue weighted by Gasteiger charge is -2.12. The molecule has 0 bridgehead atoms. The van der Waals surface area contributed by atoms with Gasteiger partial charge in [0.05, 0.1) is 19.2 Å². The lowest BCUT2D eigenvalue weighted by atomic mass is 10.1. The number of para-hydroxylation sites is 3. The smallest absolute Gasteiger partial charge is 0.228 e. The number of anilines is 1. The van der Waals surface area contributed by atoms with Crippen LogP contribution < -0.4 is 14.8 Å². The number of methoxy groups -OCH3 is 1. The van der Waals surface area contributed by atoms with Crippen LogP contribution in [0.5, 0.6) is 17.2 Å². The van der Waals surface area contributed by atoms with Crippen LogP contribution in [0.25, 0.3) is 0 Å². The van der Waals surface area contributed by atoms with Crippen LogP contribution in [0.4, 0.5) is 5.69 Å². The van der Waals surface area contributed by atoms with Crippen LogP contribution in [-0.2, 0) is 11.2 Å². The molecule has 4 heteroatoms. The van der Waals surface area contributed by atoms with Gasteiger partial charge in [0.15, 0.2) is 17.2 Å². The number of amides is 1. The van der Waals surface area contributed by atoms with Crippen molar-refractivity contribution in [1.29, 1.82) is 0 Å². The minimum absolute atomic E-state index is 0.00826. The van der Waals surface area contributed by atoms with Gasteiger partial charge in [-0.2, -0.15) is 0 Å². The van der Waals surface area contributed by atoms with E-state index in [1.807, 2.05) is 42.5 Å². The highest BCUT2D eigenvalue weighted by atomic mass is 16.5. The Kier molecular flexibility index (Phi) is 2.83. The zero-order chi connectivity index (χ0) is 13.2. The van der Waals surface area contributed by atoms with Crippen LogP contribution in [0.15, 0.2) is 42.5 Å². The first-order chi connectivity index (χ1) is 9.28. The van der Waals surface area contributed by atoms with Crippen LogP contribution in [0.1, 0.15) is 5.56 Å². The van der Waals surface area contributed by atoms with E-state index in [-0.39, 0.29) is 5.91 Å². The molecule has 1 heterocycles. The van der Waals surface area contributed by atoms with Crippen LogP contribution >= 0.6 is 0 Å². The van der Waals surface area contributed by atoms with Crippen molar-refractivity contribution in [3.05, 3.63) is 48.0 Å². The van der Waals surface area contributed by atoms with Crippen molar-refractivity contribution < 1.29 is 14.3 Å². The molecule has 96 valence electrons. The molecule has 2 aromatic rings. The summed E-state index contributed by atoms with van der Waals surface area (Å²) >= 11 is 0. The average Bonchev–Trinajstić information content (AvgIpc) is 2.81. The number of ether oxygens (including phenoxy) is 2. The van der Waals surface area contributed by atoms with Crippen molar-refractivity contribution >= 4 is 11.6 Å². The maximum atomic E-state index is 11.4. The van der Waals surface area contributed by atoms with E-state index in [2.05, 4.69) is 5.32 Å². The summed E-state index contributed by atoms with van der Waals surface area (Å²) in [7, 11) is 1.60. The van der Waals surface area contributed by atoms with Gasteiger partial charge in [-0.25, -0.2) is 0 Å². The van der Waals surface area contributed by atoms with Crippen molar-refractivity contribution in [2.45, 2.75) is 6.42 Å². The molecule has 0 unspecified atom stereocenters. The number of hydrogen-bond acceptors (Lipinski definition) is 3. The quantitative estimate of drug-likeness (QED) is 0.917. The predicted molar refractivity (Wildman–Crippen MR) is 71.8 cm³/mol. The third-order valence-corrected chi connectivity index (χ3v) is 3.02. The second-order valence-electron chi connectivity index (χ2n) is 4.27. The number of nitrogens with one attached hydrogen (secondary N) is 1. The first-order valence-electron chi connectivity index (χ1n) is 6.00. The molecule has 2 aromatic carbocycles. The SMILES string of the molecule is COc1ccccc1Oc1cccc2c1NC(=O)C2. The molecule has 1 N–H and O–H groups in total. The second-order valence-corrected chi connectivity index (χ2v) is 4.27. The Morgan fingerprint density at radius 3 is 2.53 bits per heavy atom. The minimum Gasteiger partial charge on any atom is -0.493 e. The molecular formula is C15H13NO3. The van der Waals surface area contributed by atoms with Gasteiger partial charge in [-0.15, -0.1) is 0 Å². The molecule has 0 radical (unpaired) electrons. The Labute approximate surface area is 111 Å². The van der Waals surface area contributed by atoms with Gasteiger partial charge in [-0.05, 0) is 23.8 Å². The van der Waals surface area contributed by atoms with Gasteiger partial charge in [0.25, 0.3) is 0 Å². The lowest BCUT2D eigenvalue weighted by molar-refractivity contribution is -0.115. The molecule has 0 spiro atoms. The fourth-order valence-corrected chi connectivity index (χ4v) is 2.13. The first kappa shape index (κ1) is 11.6. The summed E-state index contributed by atoms with van der Waals surface area (Å²) in [5, 5.41) is 2.82. The van der Waals surface area contributed by atoms with E-state index < -0.39 is 0 Å². The number of hydrogen-bond donors (Lipinski definition) is 1. The van der Waals surface area contributed by atoms with Gasteiger partial charge in [-0.1, -0.05) is 24.3 Å². The van der Waals surface area contributed by atoms with E-state index in [1.165, 1.54) is 0 Å². The van der Waals surface area contributed by atoms with Gasteiger partial charge < -0.3 is 14.8 Å². The topological polar surface area (TPSA) is 47.6 Å². The normalized spacial score (nSPS) is 12.8. The molecule has 0 aliphatic carbocycles. The summed E-state index contributed by atoms with van der Waals surface area (Å²) in [5.41, 5.74) is 1.70. The standard InChI is InChI=1S/C15H13NO3/c1-18-11-6-2-3-7-12(11)19-13-8-4-5-10-9-14(17)16-15(10)13/h2-8H,9H2,1H3,(H,16,17). The molecule has 4 nitrogen and oxygen atoms in total. The van der Waals surface area contributed by atoms with Gasteiger partial charge in [0.1, 0.15) is 0 Å². The monoisotopic (exact) mass is 255 g/mol. The Morgan fingerprint density at radius 2 is 1.74 bits per heavy atom. The van der Waals surface area contributed by atoms with Gasteiger partial charge in [-0.3, -0.25) is 4.79 Å². The zero-order valence-corrected chi connectivity index (χ0v) is 10.5. The Morgan fingerprint density at radius 1 is 1.00 bits per heavy atom. The van der Waals surface area contributed by atoms with E-state index >= 15 is 0 Å². The van der Waals surface area contributed by atoms with Gasteiger partial charge in [0, 0.05) is 0 Å². The summed E-state index contributed by atoms with van der Waals surface area (Å²) < 4.78 is 11.1. The van der Waals surface area contributed by atoms with Crippen LogP contribution in [0.3, 0.4) is 0 Å². The molecular weight excluding hydrogens is 242 g/mol. The highest BCUT2D eigenvalue weighted by Crippen LogP contribution is 2.38. The third-order valence-electron chi connectivity index (χ3n) is 3.02. The molecule has 1 aliphatic heterocycles. The largest absolute Gasteiger partial charge is 0.493 e. The van der Waals surface area contributed by atoms with Crippen LogP contribution in [0, 0.1) is 0 Å². The van der Waals surface area contributed by atoms with Gasteiger partial charge >= 0.3 is 0 Å². The molecule has 1 amide bonds. The maximum Gasteiger partial charge on any atom is 0.228 e. The molecule has 0 aromatic heterocycles. The molecule has 0 fully saturated rings. The molecule has 0 atom stereocenters. The Hall–Kier alpha value is -2.49.